The Hall–Kier alpha value is -0.400. The first-order chi connectivity index (χ1) is 35.6. The normalized spacial score (nSPS) is 11.1. The summed E-state index contributed by atoms with van der Waals surface area (Å²) >= 11 is 0. The SMILES string of the molecule is CCC(N)CC.CCCCC.CCCCC(CC)CC.CCCCCCC.CCCCCCCO.CCCCCO.CCCCN(C)C.CCCN(C)C.CCCN1CCOCC1.CCCO.CCCOCCO. The topological polar surface area (TPSA) is 135 Å². The lowest BCUT2D eigenvalue weighted by molar-refractivity contribution is 0.0380. The highest BCUT2D eigenvalue weighted by atomic mass is 16.5. The summed E-state index contributed by atoms with van der Waals surface area (Å²) in [6.07, 6.45) is 36.7. The fraction of sp³-hybridized carbons (Fsp3) is 1.00. The summed E-state index contributed by atoms with van der Waals surface area (Å²) in [5.41, 5.74) is 5.47. The van der Waals surface area contributed by atoms with Crippen LogP contribution in [0.3, 0.4) is 0 Å². The first-order valence-electron chi connectivity index (χ1n) is 32.0. The lowest BCUT2D eigenvalue weighted by atomic mass is 9.97. The van der Waals surface area contributed by atoms with E-state index in [4.69, 9.17) is 35.6 Å². The van der Waals surface area contributed by atoms with Gasteiger partial charge in [-0.15, -0.1) is 0 Å². The maximum atomic E-state index is 8.37. The lowest BCUT2D eigenvalue weighted by Crippen LogP contribution is -2.36. The van der Waals surface area contributed by atoms with Crippen LogP contribution < -0.4 is 5.73 Å². The Bertz CT molecular complexity index is 693. The van der Waals surface area contributed by atoms with E-state index in [-0.39, 0.29) is 6.61 Å². The Morgan fingerprint density at radius 2 is 0.797 bits per heavy atom. The summed E-state index contributed by atoms with van der Waals surface area (Å²) in [6.45, 7) is 45.1. The number of hydrogen-bond acceptors (Lipinski definition) is 10. The molecule has 1 heterocycles. The van der Waals surface area contributed by atoms with Crippen molar-refractivity contribution in [2.75, 3.05) is 114 Å². The van der Waals surface area contributed by atoms with Crippen molar-refractivity contribution in [2.24, 2.45) is 11.7 Å². The zero-order chi connectivity index (χ0) is 59.0. The van der Waals surface area contributed by atoms with E-state index >= 15 is 0 Å². The molecule has 0 aromatic carbocycles. The van der Waals surface area contributed by atoms with Crippen molar-refractivity contribution in [3.8, 4) is 0 Å². The molecule has 0 saturated carbocycles. The van der Waals surface area contributed by atoms with Crippen LogP contribution in [0.1, 0.15) is 297 Å². The number of hydrogen-bond donors (Lipinski definition) is 5. The van der Waals surface area contributed by atoms with Crippen LogP contribution >= 0.6 is 0 Å². The second kappa shape index (κ2) is 108. The van der Waals surface area contributed by atoms with E-state index in [0.717, 1.165) is 83.8 Å². The average Bonchev–Trinajstić information content (AvgIpc) is 3.41. The fourth-order valence-electron chi connectivity index (χ4n) is 5.96. The summed E-state index contributed by atoms with van der Waals surface area (Å²) in [6, 6.07) is 0.435. The van der Waals surface area contributed by atoms with Gasteiger partial charge in [-0.25, -0.2) is 0 Å². The molecule has 6 N–H and O–H groups in total. The van der Waals surface area contributed by atoms with E-state index in [0.29, 0.717) is 32.5 Å². The number of aliphatic hydroxyl groups is 4. The van der Waals surface area contributed by atoms with E-state index in [1.807, 2.05) is 13.8 Å². The molecule has 0 spiro atoms. The minimum Gasteiger partial charge on any atom is -0.396 e. The smallest absolute Gasteiger partial charge is 0.0697 e. The van der Waals surface area contributed by atoms with Crippen molar-refractivity contribution in [1.82, 2.24) is 14.7 Å². The standard InChI is InChI=1S/C9H20.C7H15NO.C7H16O.C7H16.C6H15N.2C5H13N.C5H12O2.C5H12O.C5H12.C3H8O/c1-4-7-8-9(5-2)6-3;1-2-3-8-4-6-9-7-5-8;1-2-3-4-5-6-7-8;1-3-5-7-6-4-2;1-4-5-6-7(2)3;1-4-5-6(2)3;1-3-5(6)4-2;1-2-4-7-5-3-6;1-2-3-4-5-6;1-3-5-4-2;1-2-3-4/h9H,4-8H2,1-3H3;2-7H2,1H3;8H,2-7H2,1H3;3-7H2,1-2H3;4-6H2,1-3H3;4-5H2,1-3H3;5H,3-4,6H2,1-2H3;6H,2-5H2,1H3;6H,2-5H2,1H3;3-5H2,1-2H3;4H,2-3H2,1H3. The second-order valence-electron chi connectivity index (χ2n) is 19.9. The van der Waals surface area contributed by atoms with E-state index in [1.165, 1.54) is 161 Å². The zero-order valence-corrected chi connectivity index (χ0v) is 55.4. The molecule has 0 unspecified atom stereocenters. The number of morpholine rings is 1. The predicted molar refractivity (Wildman–Crippen MR) is 340 cm³/mol. The molecule has 0 radical (unpaired) electrons. The Morgan fingerprint density at radius 1 is 0.405 bits per heavy atom. The zero-order valence-electron chi connectivity index (χ0n) is 55.4. The molecule has 0 aliphatic carbocycles. The molecule has 10 heteroatoms. The number of rotatable bonds is 33. The van der Waals surface area contributed by atoms with Crippen molar-refractivity contribution in [2.45, 2.75) is 303 Å². The number of aliphatic hydroxyl groups excluding tert-OH is 4. The molecule has 10 nitrogen and oxygen atoms in total. The highest BCUT2D eigenvalue weighted by molar-refractivity contribution is 4.60. The van der Waals surface area contributed by atoms with Gasteiger partial charge in [-0.2, -0.15) is 0 Å². The van der Waals surface area contributed by atoms with Crippen molar-refractivity contribution in [1.29, 1.82) is 0 Å². The van der Waals surface area contributed by atoms with Gasteiger partial charge in [0.2, 0.25) is 0 Å². The van der Waals surface area contributed by atoms with Crippen LogP contribution in [0.5, 0.6) is 0 Å². The van der Waals surface area contributed by atoms with E-state index in [9.17, 15) is 0 Å². The molecule has 1 saturated heterocycles. The van der Waals surface area contributed by atoms with Gasteiger partial charge in [0.25, 0.3) is 0 Å². The highest BCUT2D eigenvalue weighted by Crippen LogP contribution is 2.15. The summed E-state index contributed by atoms with van der Waals surface area (Å²) in [5, 5.41) is 32.6. The third kappa shape index (κ3) is 151. The average molecular weight is 1070 g/mol. The van der Waals surface area contributed by atoms with Gasteiger partial charge in [0.05, 0.1) is 26.4 Å². The Balaban J connectivity index is -0.0000000766. The molecular formula is C64H152N4O6. The molecule has 464 valence electrons. The Kier molecular flexibility index (Phi) is 140. The fourth-order valence-corrected chi connectivity index (χ4v) is 5.96. The maximum absolute atomic E-state index is 8.37. The maximum Gasteiger partial charge on any atom is 0.0697 e. The van der Waals surface area contributed by atoms with Crippen LogP contribution in [0.2, 0.25) is 0 Å². The molecule has 1 fully saturated rings. The highest BCUT2D eigenvalue weighted by Gasteiger charge is 2.07. The molecule has 0 aromatic rings. The minimum atomic E-state index is 0.139. The lowest BCUT2D eigenvalue weighted by Gasteiger charge is -2.25. The van der Waals surface area contributed by atoms with Gasteiger partial charge in [-0.1, -0.05) is 239 Å². The largest absolute Gasteiger partial charge is 0.396 e. The van der Waals surface area contributed by atoms with E-state index in [2.05, 4.69) is 140 Å². The number of nitrogens with zero attached hydrogens (tertiary/aromatic N) is 3. The van der Waals surface area contributed by atoms with Crippen molar-refractivity contribution in [3.63, 3.8) is 0 Å². The van der Waals surface area contributed by atoms with Crippen LogP contribution in [-0.2, 0) is 9.47 Å². The van der Waals surface area contributed by atoms with Gasteiger partial charge in [-0.3, -0.25) is 4.90 Å². The van der Waals surface area contributed by atoms with Gasteiger partial charge < -0.3 is 45.4 Å². The summed E-state index contributed by atoms with van der Waals surface area (Å²) < 4.78 is 10.1. The van der Waals surface area contributed by atoms with Gasteiger partial charge in [0.15, 0.2) is 0 Å². The molecule has 0 amide bonds. The van der Waals surface area contributed by atoms with Crippen molar-refractivity contribution in [3.05, 3.63) is 0 Å². The predicted octanol–water partition coefficient (Wildman–Crippen LogP) is 16.9. The number of ether oxygens (including phenoxy) is 2. The van der Waals surface area contributed by atoms with Crippen LogP contribution in [-0.4, -0.2) is 155 Å². The van der Waals surface area contributed by atoms with Gasteiger partial charge in [-0.05, 0) is 112 Å². The van der Waals surface area contributed by atoms with Crippen LogP contribution in [0.4, 0.5) is 0 Å². The Morgan fingerprint density at radius 3 is 1.04 bits per heavy atom. The Labute approximate surface area is 471 Å². The van der Waals surface area contributed by atoms with Crippen molar-refractivity contribution >= 4 is 0 Å². The molecule has 1 aliphatic rings. The molecule has 0 bridgehead atoms. The first kappa shape index (κ1) is 95.9. The van der Waals surface area contributed by atoms with E-state index in [1.54, 1.807) is 0 Å². The third-order valence-corrected chi connectivity index (χ3v) is 11.2. The van der Waals surface area contributed by atoms with Gasteiger partial charge in [0.1, 0.15) is 0 Å². The third-order valence-electron chi connectivity index (χ3n) is 11.2. The van der Waals surface area contributed by atoms with Crippen LogP contribution in [0.25, 0.3) is 0 Å². The monoisotopic (exact) mass is 1070 g/mol. The molecular weight excluding hydrogens is 921 g/mol. The minimum absolute atomic E-state index is 0.139. The number of nitrogens with two attached hydrogens (primary N) is 1. The molecule has 1 rings (SSSR count). The van der Waals surface area contributed by atoms with E-state index < -0.39 is 0 Å². The molecule has 0 atom stereocenters. The molecule has 1 aliphatic heterocycles. The van der Waals surface area contributed by atoms with Gasteiger partial charge in [0, 0.05) is 45.6 Å². The summed E-state index contributed by atoms with van der Waals surface area (Å²) in [4.78, 5) is 6.84. The van der Waals surface area contributed by atoms with Gasteiger partial charge >= 0.3 is 0 Å². The summed E-state index contributed by atoms with van der Waals surface area (Å²) in [7, 11) is 8.39. The number of unbranched alkanes of at least 4 members (excludes halogenated alkanes) is 14. The quantitative estimate of drug-likeness (QED) is 0.0404. The molecule has 0 aromatic heterocycles. The van der Waals surface area contributed by atoms with Crippen molar-refractivity contribution < 1.29 is 29.9 Å². The second-order valence-corrected chi connectivity index (χ2v) is 19.9. The first-order valence-corrected chi connectivity index (χ1v) is 32.0. The summed E-state index contributed by atoms with van der Waals surface area (Å²) in [5.74, 6) is 1.00. The van der Waals surface area contributed by atoms with Crippen LogP contribution in [0, 0.1) is 5.92 Å². The van der Waals surface area contributed by atoms with Crippen LogP contribution in [0.15, 0.2) is 0 Å². The molecule has 74 heavy (non-hydrogen) atoms.